The molecule has 2 aromatic heterocycles. The number of carbonyl (C=O) groups excluding carboxylic acids is 2. The SMILES string of the molecule is O=C(CN1CCC[C@H](NS(=O)(=O)c2cc3nc(Cl)ccc3s2)C1=O)N1CC2CNCC(C2)C1. The Morgan fingerprint density at radius 3 is 2.79 bits per heavy atom. The summed E-state index contributed by atoms with van der Waals surface area (Å²) in [5.41, 5.74) is 0.497. The van der Waals surface area contributed by atoms with E-state index in [4.69, 9.17) is 11.6 Å². The van der Waals surface area contributed by atoms with Gasteiger partial charge in [0.25, 0.3) is 10.0 Å². The summed E-state index contributed by atoms with van der Waals surface area (Å²) in [4.78, 5) is 33.5. The van der Waals surface area contributed by atoms with Gasteiger partial charge in [0.05, 0.1) is 16.8 Å². The second kappa shape index (κ2) is 9.10. The predicted octanol–water partition coefficient (Wildman–Crippen LogP) is 1.29. The number of likely N-dealkylation sites (tertiary alicyclic amines) is 2. The Labute approximate surface area is 201 Å². The molecule has 0 aliphatic carbocycles. The number of piperidine rings is 3. The maximum Gasteiger partial charge on any atom is 0.250 e. The van der Waals surface area contributed by atoms with E-state index in [9.17, 15) is 18.0 Å². The molecule has 2 N–H and O–H groups in total. The van der Waals surface area contributed by atoms with Gasteiger partial charge in [-0.3, -0.25) is 9.59 Å². The fourth-order valence-corrected chi connectivity index (χ4v) is 7.75. The molecule has 2 unspecified atom stereocenters. The number of nitrogens with zero attached hydrogens (tertiary/aromatic N) is 3. The molecular weight excluding hydrogens is 486 g/mol. The van der Waals surface area contributed by atoms with Gasteiger partial charge in [-0.25, -0.2) is 13.4 Å². The van der Waals surface area contributed by atoms with Crippen LogP contribution >= 0.6 is 22.9 Å². The molecule has 178 valence electrons. The van der Waals surface area contributed by atoms with Crippen molar-refractivity contribution in [2.24, 2.45) is 11.8 Å². The van der Waals surface area contributed by atoms with E-state index in [0.29, 0.717) is 54.5 Å². The van der Waals surface area contributed by atoms with Gasteiger partial charge in [0, 0.05) is 19.6 Å². The highest BCUT2D eigenvalue weighted by Crippen LogP contribution is 2.29. The summed E-state index contributed by atoms with van der Waals surface area (Å²) in [7, 11) is -3.91. The zero-order chi connectivity index (χ0) is 23.2. The first-order valence-corrected chi connectivity index (χ1v) is 13.8. The number of amides is 2. The number of pyridine rings is 1. The van der Waals surface area contributed by atoms with Crippen LogP contribution in [0.1, 0.15) is 19.3 Å². The molecule has 3 saturated heterocycles. The maximum atomic E-state index is 13.1. The minimum atomic E-state index is -3.91. The molecule has 0 spiro atoms. The third kappa shape index (κ3) is 4.88. The van der Waals surface area contributed by atoms with Crippen LogP contribution in [0.5, 0.6) is 0 Å². The smallest absolute Gasteiger partial charge is 0.250 e. The lowest BCUT2D eigenvalue weighted by Gasteiger charge is -2.42. The average molecular weight is 512 g/mol. The van der Waals surface area contributed by atoms with Crippen LogP contribution in [0.3, 0.4) is 0 Å². The van der Waals surface area contributed by atoms with Crippen molar-refractivity contribution in [1.82, 2.24) is 24.8 Å². The molecule has 3 fully saturated rings. The van der Waals surface area contributed by atoms with Crippen molar-refractivity contribution in [2.45, 2.75) is 29.5 Å². The third-order valence-electron chi connectivity index (χ3n) is 6.58. The van der Waals surface area contributed by atoms with Crippen LogP contribution in [-0.2, 0) is 19.6 Å². The zero-order valence-electron chi connectivity index (χ0n) is 18.0. The Kier molecular flexibility index (Phi) is 6.34. The zero-order valence-corrected chi connectivity index (χ0v) is 20.4. The highest BCUT2D eigenvalue weighted by atomic mass is 35.5. The number of carbonyl (C=O) groups is 2. The van der Waals surface area contributed by atoms with Crippen LogP contribution in [0.2, 0.25) is 5.15 Å². The van der Waals surface area contributed by atoms with Crippen molar-refractivity contribution in [3.8, 4) is 0 Å². The normalized spacial score (nSPS) is 26.1. The highest BCUT2D eigenvalue weighted by molar-refractivity contribution is 7.91. The van der Waals surface area contributed by atoms with E-state index in [1.165, 1.54) is 11.0 Å². The second-order valence-corrected chi connectivity index (χ2v) is 12.5. The number of nitrogens with one attached hydrogen (secondary N) is 2. The number of rotatable bonds is 5. The van der Waals surface area contributed by atoms with E-state index < -0.39 is 16.1 Å². The number of aromatic nitrogens is 1. The van der Waals surface area contributed by atoms with Gasteiger partial charge >= 0.3 is 0 Å². The minimum absolute atomic E-state index is 0.00473. The van der Waals surface area contributed by atoms with Crippen molar-refractivity contribution >= 4 is 55.0 Å². The minimum Gasteiger partial charge on any atom is -0.341 e. The lowest BCUT2D eigenvalue weighted by atomic mass is 9.86. The van der Waals surface area contributed by atoms with Crippen LogP contribution in [-0.4, -0.2) is 80.3 Å². The molecule has 2 aromatic rings. The van der Waals surface area contributed by atoms with Crippen molar-refractivity contribution < 1.29 is 18.0 Å². The van der Waals surface area contributed by atoms with Gasteiger partial charge in [0.2, 0.25) is 11.8 Å². The fraction of sp³-hybridized carbons (Fsp3) is 0.571. The summed E-state index contributed by atoms with van der Waals surface area (Å²) in [6.07, 6.45) is 2.17. The van der Waals surface area contributed by atoms with E-state index in [1.54, 1.807) is 12.1 Å². The van der Waals surface area contributed by atoms with Gasteiger partial charge in [-0.1, -0.05) is 11.6 Å². The van der Waals surface area contributed by atoms with E-state index in [1.807, 2.05) is 4.90 Å². The first-order chi connectivity index (χ1) is 15.8. The Morgan fingerprint density at radius 1 is 1.27 bits per heavy atom. The lowest BCUT2D eigenvalue weighted by molar-refractivity contribution is -0.144. The molecule has 0 radical (unpaired) electrons. The quantitative estimate of drug-likeness (QED) is 0.585. The maximum absolute atomic E-state index is 13.1. The molecule has 3 atom stereocenters. The van der Waals surface area contributed by atoms with Crippen molar-refractivity contribution in [2.75, 3.05) is 39.3 Å². The standard InChI is InChI=1S/C21H26ClN5O4S2/c22-18-4-3-17-16(24-18)7-20(32-17)33(30,31)25-15-2-1-5-26(21(15)29)12-19(28)27-10-13-6-14(11-27)9-23-8-13/h3-4,7,13-15,23,25H,1-2,5-6,8-12H2/t13?,14?,15-/m0/s1. The summed E-state index contributed by atoms with van der Waals surface area (Å²) in [6.45, 7) is 3.72. The van der Waals surface area contributed by atoms with E-state index in [2.05, 4.69) is 15.0 Å². The molecule has 2 bridgehead atoms. The third-order valence-corrected chi connectivity index (χ3v) is 9.82. The van der Waals surface area contributed by atoms with Crippen LogP contribution in [0.4, 0.5) is 0 Å². The highest BCUT2D eigenvalue weighted by Gasteiger charge is 2.37. The van der Waals surface area contributed by atoms with Gasteiger partial charge in [-0.05, 0) is 62.4 Å². The molecule has 0 aromatic carbocycles. The van der Waals surface area contributed by atoms with Crippen LogP contribution in [0, 0.1) is 11.8 Å². The second-order valence-electron chi connectivity index (χ2n) is 9.08. The molecule has 9 nitrogen and oxygen atoms in total. The molecule has 12 heteroatoms. The number of sulfonamides is 1. The Morgan fingerprint density at radius 2 is 2.03 bits per heavy atom. The molecule has 5 heterocycles. The largest absolute Gasteiger partial charge is 0.341 e. The van der Waals surface area contributed by atoms with Crippen molar-refractivity contribution in [3.05, 3.63) is 23.4 Å². The Bertz CT molecular complexity index is 1170. The molecule has 5 rings (SSSR count). The number of hydrogen-bond donors (Lipinski definition) is 2. The first-order valence-electron chi connectivity index (χ1n) is 11.1. The molecule has 3 aliphatic rings. The number of halogens is 1. The molecule has 33 heavy (non-hydrogen) atoms. The monoisotopic (exact) mass is 511 g/mol. The van der Waals surface area contributed by atoms with Crippen molar-refractivity contribution in [1.29, 1.82) is 0 Å². The van der Waals surface area contributed by atoms with Gasteiger partial charge in [0.15, 0.2) is 0 Å². The molecule has 3 aliphatic heterocycles. The molecular formula is C21H26ClN5O4S2. The predicted molar refractivity (Wildman–Crippen MR) is 126 cm³/mol. The van der Waals surface area contributed by atoms with Gasteiger partial charge in [-0.15, -0.1) is 11.3 Å². The average Bonchev–Trinajstić information content (AvgIpc) is 3.20. The fourth-order valence-electron chi connectivity index (χ4n) is 5.03. The number of thiophene rings is 1. The number of fused-ring (bicyclic) bond motifs is 3. The summed E-state index contributed by atoms with van der Waals surface area (Å²) in [5.74, 6) is 0.516. The van der Waals surface area contributed by atoms with E-state index in [0.717, 1.165) is 30.8 Å². The summed E-state index contributed by atoms with van der Waals surface area (Å²) in [6, 6.07) is 3.90. The van der Waals surface area contributed by atoms with E-state index in [-0.39, 0.29) is 27.7 Å². The lowest BCUT2D eigenvalue weighted by Crippen LogP contribution is -2.57. The van der Waals surface area contributed by atoms with Crippen molar-refractivity contribution in [3.63, 3.8) is 0 Å². The van der Waals surface area contributed by atoms with Crippen LogP contribution < -0.4 is 10.0 Å². The summed E-state index contributed by atoms with van der Waals surface area (Å²) in [5, 5.41) is 3.70. The van der Waals surface area contributed by atoms with Gasteiger partial charge in [-0.2, -0.15) is 4.72 Å². The molecule has 0 saturated carbocycles. The number of hydrogen-bond acceptors (Lipinski definition) is 7. The summed E-state index contributed by atoms with van der Waals surface area (Å²) >= 11 is 6.98. The topological polar surface area (TPSA) is 112 Å². The molecule has 2 amide bonds. The van der Waals surface area contributed by atoms with Crippen LogP contribution in [0.25, 0.3) is 10.2 Å². The van der Waals surface area contributed by atoms with Gasteiger partial charge < -0.3 is 15.1 Å². The summed E-state index contributed by atoms with van der Waals surface area (Å²) < 4.78 is 29.3. The first kappa shape index (κ1) is 23.0. The van der Waals surface area contributed by atoms with Crippen LogP contribution in [0.15, 0.2) is 22.4 Å². The Hall–Kier alpha value is -1.79. The van der Waals surface area contributed by atoms with Gasteiger partial charge in [0.1, 0.15) is 15.4 Å². The van der Waals surface area contributed by atoms with E-state index >= 15 is 0 Å². The Balaban J connectivity index is 1.25.